The van der Waals surface area contributed by atoms with E-state index in [-0.39, 0.29) is 35.7 Å². The third-order valence-corrected chi connectivity index (χ3v) is 7.09. The first-order valence-corrected chi connectivity index (χ1v) is 10.9. The number of nitrogens with zero attached hydrogens (tertiary/aromatic N) is 1. The maximum atomic E-state index is 13.0. The molecule has 4 aliphatic rings. The summed E-state index contributed by atoms with van der Waals surface area (Å²) < 4.78 is 11.4. The van der Waals surface area contributed by atoms with Crippen LogP contribution in [0.25, 0.3) is 0 Å². The fraction of sp³-hybridized carbons (Fsp3) is 0.625. The minimum Gasteiger partial charge on any atom is -0.497 e. The lowest BCUT2D eigenvalue weighted by molar-refractivity contribution is -0.214. The minimum absolute atomic E-state index is 0.00145. The van der Waals surface area contributed by atoms with Crippen LogP contribution < -0.4 is 4.74 Å². The number of methoxy groups -OCH3 is 1. The predicted molar refractivity (Wildman–Crippen MR) is 112 cm³/mol. The molecule has 1 aromatic rings. The van der Waals surface area contributed by atoms with Crippen molar-refractivity contribution < 1.29 is 19.1 Å². The first-order valence-electron chi connectivity index (χ1n) is 10.9. The van der Waals surface area contributed by atoms with Gasteiger partial charge in [0.2, 0.25) is 0 Å². The van der Waals surface area contributed by atoms with E-state index in [1.54, 1.807) is 7.11 Å². The maximum Gasteiger partial charge on any atom is 0.434 e. The molecule has 1 amide bonds. The van der Waals surface area contributed by atoms with Gasteiger partial charge in [0.15, 0.2) is 0 Å². The quantitative estimate of drug-likeness (QED) is 0.649. The molecule has 29 heavy (non-hydrogen) atoms. The van der Waals surface area contributed by atoms with Crippen molar-refractivity contribution in [2.24, 2.45) is 11.8 Å². The van der Waals surface area contributed by atoms with Crippen LogP contribution in [0.4, 0.5) is 4.79 Å². The molecule has 2 aliphatic heterocycles. The molecule has 0 radical (unpaired) electrons. The number of carbonyl (C=O) groups excluding carboxylic acids is 1. The highest BCUT2D eigenvalue weighted by Crippen LogP contribution is 2.44. The molecular formula is C24H33NO4. The van der Waals surface area contributed by atoms with Gasteiger partial charge in [-0.2, -0.15) is 5.06 Å². The molecule has 2 heterocycles. The van der Waals surface area contributed by atoms with E-state index < -0.39 is 0 Å². The van der Waals surface area contributed by atoms with Crippen LogP contribution in [-0.4, -0.2) is 36.5 Å². The number of hydrogen-bond donors (Lipinski definition) is 0. The molecule has 1 aromatic carbocycles. The molecule has 158 valence electrons. The average molecular weight is 400 g/mol. The fourth-order valence-electron chi connectivity index (χ4n) is 5.17. The second kappa shape index (κ2) is 8.02. The number of rotatable bonds is 4. The van der Waals surface area contributed by atoms with Gasteiger partial charge in [-0.25, -0.2) is 4.79 Å². The Hall–Kier alpha value is -2.01. The van der Waals surface area contributed by atoms with E-state index in [0.717, 1.165) is 37.9 Å². The molecule has 1 saturated heterocycles. The minimum atomic E-state index is -0.335. The Labute approximate surface area is 174 Å². The van der Waals surface area contributed by atoms with Gasteiger partial charge in [0, 0.05) is 5.92 Å². The summed E-state index contributed by atoms with van der Waals surface area (Å²) in [4.78, 5) is 18.8. The highest BCUT2D eigenvalue weighted by Gasteiger charge is 2.44. The van der Waals surface area contributed by atoms with Crippen molar-refractivity contribution in [2.75, 3.05) is 7.11 Å². The Morgan fingerprint density at radius 1 is 1.10 bits per heavy atom. The molecule has 5 rings (SSSR count). The first kappa shape index (κ1) is 20.3. The third kappa shape index (κ3) is 4.02. The normalized spacial score (nSPS) is 31.6. The summed E-state index contributed by atoms with van der Waals surface area (Å²) in [5.41, 5.74) is 1.13. The Balaban J connectivity index is 1.51. The topological polar surface area (TPSA) is 48.0 Å². The zero-order valence-corrected chi connectivity index (χ0v) is 18.0. The van der Waals surface area contributed by atoms with Crippen molar-refractivity contribution in [3.63, 3.8) is 0 Å². The van der Waals surface area contributed by atoms with Gasteiger partial charge in [-0.1, -0.05) is 51.5 Å². The molecule has 0 aromatic heterocycles. The number of ether oxygens (including phenoxy) is 2. The van der Waals surface area contributed by atoms with Crippen LogP contribution in [-0.2, 0) is 15.0 Å². The molecule has 1 saturated carbocycles. The SMILES string of the molecule is COc1ccc(C(C)(C)[C@@H]2CC[C@@H](C)C[C@H]2OC(=O)N2O[C@@H]3C=C[C@H]2CC3)cc1. The molecule has 0 spiro atoms. The monoisotopic (exact) mass is 399 g/mol. The van der Waals surface area contributed by atoms with Crippen LogP contribution >= 0.6 is 0 Å². The molecule has 0 N–H and O–H groups in total. The predicted octanol–water partition coefficient (Wildman–Crippen LogP) is 5.25. The van der Waals surface area contributed by atoms with E-state index in [9.17, 15) is 4.79 Å². The standard InChI is InChI=1S/C24H33NO4/c1-16-5-14-21(24(2,3)17-6-10-19(27-4)11-7-17)22(15-16)28-23(26)25-18-8-12-20(29-25)13-9-18/h6-8,10-12,16,18,20-22H,5,9,13-15H2,1-4H3/t16-,18+,20-,21-,22-/m1/s1. The Morgan fingerprint density at radius 2 is 1.86 bits per heavy atom. The van der Waals surface area contributed by atoms with Gasteiger partial charge >= 0.3 is 6.09 Å². The first-order chi connectivity index (χ1) is 13.9. The fourth-order valence-corrected chi connectivity index (χ4v) is 5.17. The molecule has 2 aliphatic carbocycles. The lowest BCUT2D eigenvalue weighted by Gasteiger charge is -2.45. The smallest absolute Gasteiger partial charge is 0.434 e. The molecule has 5 heteroatoms. The van der Waals surface area contributed by atoms with E-state index >= 15 is 0 Å². The van der Waals surface area contributed by atoms with Crippen molar-refractivity contribution in [1.29, 1.82) is 0 Å². The number of fused-ring (bicyclic) bond motifs is 2. The summed E-state index contributed by atoms with van der Waals surface area (Å²) in [6.07, 6.45) is 8.69. The van der Waals surface area contributed by atoms with E-state index in [4.69, 9.17) is 14.3 Å². The van der Waals surface area contributed by atoms with Crippen molar-refractivity contribution in [2.45, 2.75) is 76.5 Å². The Bertz CT molecular complexity index is 757. The number of benzene rings is 1. The second-order valence-corrected chi connectivity index (χ2v) is 9.40. The highest BCUT2D eigenvalue weighted by molar-refractivity contribution is 5.67. The van der Waals surface area contributed by atoms with Gasteiger partial charge in [0.05, 0.1) is 13.2 Å². The number of amides is 1. The van der Waals surface area contributed by atoms with Crippen LogP contribution in [0.15, 0.2) is 36.4 Å². The molecule has 0 unspecified atom stereocenters. The molecule has 2 fully saturated rings. The lowest BCUT2D eigenvalue weighted by atomic mass is 9.64. The van der Waals surface area contributed by atoms with Crippen molar-refractivity contribution in [1.82, 2.24) is 5.06 Å². The summed E-state index contributed by atoms with van der Waals surface area (Å²) in [6.45, 7) is 6.77. The zero-order chi connectivity index (χ0) is 20.6. The Kier molecular flexibility index (Phi) is 5.60. The number of carbonyl (C=O) groups is 1. The maximum absolute atomic E-state index is 13.0. The Morgan fingerprint density at radius 3 is 2.45 bits per heavy atom. The van der Waals surface area contributed by atoms with E-state index in [0.29, 0.717) is 5.92 Å². The third-order valence-electron chi connectivity index (χ3n) is 7.09. The van der Waals surface area contributed by atoms with Crippen LogP contribution in [0.3, 0.4) is 0 Å². The summed E-state index contributed by atoms with van der Waals surface area (Å²) in [5.74, 6) is 1.66. The summed E-state index contributed by atoms with van der Waals surface area (Å²) >= 11 is 0. The van der Waals surface area contributed by atoms with Crippen LogP contribution in [0.1, 0.15) is 58.4 Å². The van der Waals surface area contributed by atoms with Crippen molar-refractivity contribution in [3.8, 4) is 5.75 Å². The number of hydrogen-bond acceptors (Lipinski definition) is 4. The second-order valence-electron chi connectivity index (χ2n) is 9.40. The van der Waals surface area contributed by atoms with Gasteiger partial charge in [-0.05, 0) is 54.7 Å². The van der Waals surface area contributed by atoms with Gasteiger partial charge in [0.1, 0.15) is 18.0 Å². The largest absolute Gasteiger partial charge is 0.497 e. The summed E-state index contributed by atoms with van der Waals surface area (Å²) in [5, 5.41) is 1.46. The van der Waals surface area contributed by atoms with Crippen LogP contribution in [0.5, 0.6) is 5.75 Å². The van der Waals surface area contributed by atoms with Crippen LogP contribution in [0.2, 0.25) is 0 Å². The van der Waals surface area contributed by atoms with E-state index in [1.807, 2.05) is 12.1 Å². The van der Waals surface area contributed by atoms with Crippen LogP contribution in [0, 0.1) is 11.8 Å². The molecule has 5 nitrogen and oxygen atoms in total. The van der Waals surface area contributed by atoms with Crippen molar-refractivity contribution >= 4 is 6.09 Å². The van der Waals surface area contributed by atoms with Crippen molar-refractivity contribution in [3.05, 3.63) is 42.0 Å². The van der Waals surface area contributed by atoms with E-state index in [1.165, 1.54) is 10.6 Å². The molecular weight excluding hydrogens is 366 g/mol. The zero-order valence-electron chi connectivity index (χ0n) is 18.0. The average Bonchev–Trinajstić information content (AvgIpc) is 2.74. The highest BCUT2D eigenvalue weighted by atomic mass is 16.7. The lowest BCUT2D eigenvalue weighted by Crippen LogP contribution is -2.51. The summed E-state index contributed by atoms with van der Waals surface area (Å²) in [7, 11) is 1.68. The molecule has 5 atom stereocenters. The number of hydroxylamine groups is 2. The van der Waals surface area contributed by atoms with Gasteiger partial charge < -0.3 is 9.47 Å². The molecule has 2 bridgehead atoms. The van der Waals surface area contributed by atoms with E-state index in [2.05, 4.69) is 45.1 Å². The van der Waals surface area contributed by atoms with Gasteiger partial charge in [-0.3, -0.25) is 4.84 Å². The van der Waals surface area contributed by atoms with Gasteiger partial charge in [-0.15, -0.1) is 0 Å². The summed E-state index contributed by atoms with van der Waals surface area (Å²) in [6, 6.07) is 8.28. The van der Waals surface area contributed by atoms with Gasteiger partial charge in [0.25, 0.3) is 0 Å².